The quantitative estimate of drug-likeness (QED) is 0.454. The van der Waals surface area contributed by atoms with E-state index in [-0.39, 0.29) is 6.54 Å². The van der Waals surface area contributed by atoms with Crippen LogP contribution < -0.4 is 5.32 Å². The van der Waals surface area contributed by atoms with Crippen LogP contribution in [0.5, 0.6) is 0 Å². The molecule has 0 radical (unpaired) electrons. The van der Waals surface area contributed by atoms with Gasteiger partial charge in [0.05, 0.1) is 6.54 Å². The molecule has 0 bridgehead atoms. The van der Waals surface area contributed by atoms with E-state index < -0.39 is 17.8 Å². The van der Waals surface area contributed by atoms with Gasteiger partial charge in [-0.3, -0.25) is 0 Å². The number of hydrogen-bond donors (Lipinski definition) is 2. The Bertz CT molecular complexity index is 431. The molecular formula is C9H9FN4O2. The molecular weight excluding hydrogens is 215 g/mol. The maximum atomic E-state index is 12.8. The van der Waals surface area contributed by atoms with Crippen LogP contribution in [0.1, 0.15) is 0 Å². The van der Waals surface area contributed by atoms with Gasteiger partial charge in [-0.2, -0.15) is 0 Å². The summed E-state index contributed by atoms with van der Waals surface area (Å²) in [6.45, 7) is -0.248. The van der Waals surface area contributed by atoms with Crippen molar-refractivity contribution >= 4 is 11.7 Å². The first-order chi connectivity index (χ1) is 7.63. The highest BCUT2D eigenvalue weighted by molar-refractivity contribution is 5.77. The van der Waals surface area contributed by atoms with Gasteiger partial charge in [-0.25, -0.2) is 9.18 Å². The predicted molar refractivity (Wildman–Crippen MR) is 55.5 cm³/mol. The molecule has 1 atom stereocenters. The van der Waals surface area contributed by atoms with Crippen LogP contribution in [0.15, 0.2) is 29.4 Å². The van der Waals surface area contributed by atoms with E-state index >= 15 is 0 Å². The molecule has 0 aliphatic rings. The van der Waals surface area contributed by atoms with Crippen LogP contribution in [0.3, 0.4) is 0 Å². The number of azide groups is 1. The van der Waals surface area contributed by atoms with E-state index in [0.29, 0.717) is 5.69 Å². The number of nitrogens with one attached hydrogen (secondary N) is 1. The Hall–Kier alpha value is -2.27. The van der Waals surface area contributed by atoms with Gasteiger partial charge in [-0.15, -0.1) is 0 Å². The predicted octanol–water partition coefficient (Wildman–Crippen LogP) is 2.00. The molecule has 0 amide bonds. The third-order valence-electron chi connectivity index (χ3n) is 1.79. The summed E-state index contributed by atoms with van der Waals surface area (Å²) in [4.78, 5) is 13.2. The summed E-state index contributed by atoms with van der Waals surface area (Å²) in [5.41, 5.74) is 8.40. The van der Waals surface area contributed by atoms with E-state index in [1.165, 1.54) is 18.2 Å². The van der Waals surface area contributed by atoms with Crippen LogP contribution in [0.25, 0.3) is 10.4 Å². The fourth-order valence-corrected chi connectivity index (χ4v) is 1.08. The van der Waals surface area contributed by atoms with Crippen LogP contribution in [-0.4, -0.2) is 23.7 Å². The summed E-state index contributed by atoms with van der Waals surface area (Å²) >= 11 is 0. The van der Waals surface area contributed by atoms with E-state index in [4.69, 9.17) is 10.6 Å². The van der Waals surface area contributed by atoms with E-state index in [1.54, 1.807) is 0 Å². The Morgan fingerprint density at radius 1 is 1.69 bits per heavy atom. The molecule has 6 nitrogen and oxygen atoms in total. The maximum absolute atomic E-state index is 12.8. The topological polar surface area (TPSA) is 98.1 Å². The molecule has 0 saturated heterocycles. The molecule has 1 aromatic rings. The second-order valence-corrected chi connectivity index (χ2v) is 2.96. The molecule has 1 aromatic carbocycles. The highest BCUT2D eigenvalue weighted by Crippen LogP contribution is 2.10. The summed E-state index contributed by atoms with van der Waals surface area (Å²) in [6, 6.07) is 4.30. The lowest BCUT2D eigenvalue weighted by atomic mass is 10.2. The van der Waals surface area contributed by atoms with Crippen molar-refractivity contribution in [2.45, 2.75) is 6.04 Å². The molecule has 0 saturated carbocycles. The number of aliphatic carboxylic acids is 1. The average Bonchev–Trinajstić information content (AvgIpc) is 2.24. The summed E-state index contributed by atoms with van der Waals surface area (Å²) in [5.74, 6) is -1.64. The van der Waals surface area contributed by atoms with E-state index in [9.17, 15) is 9.18 Å². The summed E-state index contributed by atoms with van der Waals surface area (Å²) in [6.07, 6.45) is 0. The van der Waals surface area contributed by atoms with Gasteiger partial charge in [-0.05, 0) is 23.7 Å². The molecule has 1 rings (SSSR count). The minimum atomic E-state index is -1.17. The van der Waals surface area contributed by atoms with Crippen molar-refractivity contribution in [1.82, 2.24) is 0 Å². The number of hydrogen-bond acceptors (Lipinski definition) is 3. The van der Waals surface area contributed by atoms with Gasteiger partial charge in [0.2, 0.25) is 0 Å². The van der Waals surface area contributed by atoms with Crippen LogP contribution >= 0.6 is 0 Å². The van der Waals surface area contributed by atoms with Gasteiger partial charge in [0.1, 0.15) is 11.9 Å². The van der Waals surface area contributed by atoms with Crippen molar-refractivity contribution in [3.05, 3.63) is 40.5 Å². The number of carboxylic acid groups (broad SMARTS) is 1. The molecule has 0 aromatic heterocycles. The number of nitrogens with zero attached hydrogens (tertiary/aromatic N) is 3. The monoisotopic (exact) mass is 224 g/mol. The molecule has 0 aliphatic carbocycles. The van der Waals surface area contributed by atoms with E-state index in [2.05, 4.69) is 15.3 Å². The first-order valence-electron chi connectivity index (χ1n) is 4.39. The first kappa shape index (κ1) is 11.8. The third-order valence-corrected chi connectivity index (χ3v) is 1.79. The minimum Gasteiger partial charge on any atom is -0.480 e. The van der Waals surface area contributed by atoms with Crippen molar-refractivity contribution in [3.63, 3.8) is 0 Å². The van der Waals surface area contributed by atoms with E-state index in [1.807, 2.05) is 0 Å². The SMILES string of the molecule is [N-]=[N+]=NCC(Nc1cccc(F)c1)C(=O)O. The molecule has 2 N–H and O–H groups in total. The van der Waals surface area contributed by atoms with Crippen LogP contribution in [0.4, 0.5) is 10.1 Å². The third kappa shape index (κ3) is 3.47. The van der Waals surface area contributed by atoms with Crippen molar-refractivity contribution in [1.29, 1.82) is 0 Å². The van der Waals surface area contributed by atoms with Crippen LogP contribution in [0.2, 0.25) is 0 Å². The molecule has 7 heteroatoms. The smallest absolute Gasteiger partial charge is 0.326 e. The number of carbonyl (C=O) groups is 1. The summed E-state index contributed by atoms with van der Waals surface area (Å²) < 4.78 is 12.8. The fourth-order valence-electron chi connectivity index (χ4n) is 1.08. The van der Waals surface area contributed by atoms with E-state index in [0.717, 1.165) is 6.07 Å². The second kappa shape index (κ2) is 5.57. The van der Waals surface area contributed by atoms with Gasteiger partial charge >= 0.3 is 5.97 Å². The molecule has 0 aliphatic heterocycles. The van der Waals surface area contributed by atoms with Crippen molar-refractivity contribution in [2.75, 3.05) is 11.9 Å². The largest absolute Gasteiger partial charge is 0.480 e. The molecule has 0 fully saturated rings. The standard InChI is InChI=1S/C9H9FN4O2/c10-6-2-1-3-7(4-6)13-8(9(15)16)5-12-14-11/h1-4,8,13H,5H2,(H,15,16). The maximum Gasteiger partial charge on any atom is 0.326 e. The van der Waals surface area contributed by atoms with Gasteiger partial charge in [-0.1, -0.05) is 11.2 Å². The number of anilines is 1. The molecule has 0 heterocycles. The van der Waals surface area contributed by atoms with Crippen LogP contribution in [-0.2, 0) is 4.79 Å². The molecule has 84 valence electrons. The zero-order valence-corrected chi connectivity index (χ0v) is 8.17. The highest BCUT2D eigenvalue weighted by Gasteiger charge is 2.15. The lowest BCUT2D eigenvalue weighted by Gasteiger charge is -2.13. The Balaban J connectivity index is 2.75. The molecule has 1 unspecified atom stereocenters. The lowest BCUT2D eigenvalue weighted by Crippen LogP contribution is -2.31. The Morgan fingerprint density at radius 2 is 2.44 bits per heavy atom. The minimum absolute atomic E-state index is 0.248. The zero-order valence-electron chi connectivity index (χ0n) is 8.17. The van der Waals surface area contributed by atoms with Crippen molar-refractivity contribution in [2.24, 2.45) is 5.11 Å². The highest BCUT2D eigenvalue weighted by atomic mass is 19.1. The fraction of sp³-hybridized carbons (Fsp3) is 0.222. The van der Waals surface area contributed by atoms with Crippen LogP contribution in [0, 0.1) is 5.82 Å². The molecule has 0 spiro atoms. The number of benzene rings is 1. The summed E-state index contributed by atoms with van der Waals surface area (Å²) in [5, 5.41) is 14.5. The number of rotatable bonds is 5. The molecule has 16 heavy (non-hydrogen) atoms. The first-order valence-corrected chi connectivity index (χ1v) is 4.39. The van der Waals surface area contributed by atoms with Gasteiger partial charge in [0.15, 0.2) is 0 Å². The second-order valence-electron chi connectivity index (χ2n) is 2.96. The van der Waals surface area contributed by atoms with Gasteiger partial charge in [0.25, 0.3) is 0 Å². The Kier molecular flexibility index (Phi) is 4.11. The Labute approximate surface area is 90.3 Å². The Morgan fingerprint density at radius 3 is 3.00 bits per heavy atom. The number of carboxylic acids is 1. The average molecular weight is 224 g/mol. The van der Waals surface area contributed by atoms with Gasteiger partial charge < -0.3 is 10.4 Å². The lowest BCUT2D eigenvalue weighted by molar-refractivity contribution is -0.137. The normalized spacial score (nSPS) is 11.3. The number of halogens is 1. The zero-order chi connectivity index (χ0) is 12.0. The van der Waals surface area contributed by atoms with Crippen molar-refractivity contribution < 1.29 is 14.3 Å². The summed E-state index contributed by atoms with van der Waals surface area (Å²) in [7, 11) is 0. The van der Waals surface area contributed by atoms with Crippen molar-refractivity contribution in [3.8, 4) is 0 Å². The van der Waals surface area contributed by atoms with Gasteiger partial charge in [0, 0.05) is 10.6 Å².